The Labute approximate surface area is 147 Å². The average molecular weight is 336 g/mol. The molecule has 1 atom stereocenters. The van der Waals surface area contributed by atoms with Gasteiger partial charge >= 0.3 is 5.97 Å². The van der Waals surface area contributed by atoms with Crippen LogP contribution in [0, 0.1) is 11.3 Å². The quantitative estimate of drug-likeness (QED) is 0.789. The predicted octanol–water partition coefficient (Wildman–Crippen LogP) is 2.85. The number of nitrogens with zero attached hydrogens (tertiary/aromatic N) is 1. The molecule has 5 heteroatoms. The maximum atomic E-state index is 12.3. The van der Waals surface area contributed by atoms with Gasteiger partial charge in [-0.2, -0.15) is 5.26 Å². The van der Waals surface area contributed by atoms with Crippen LogP contribution in [0.25, 0.3) is 0 Å². The predicted molar refractivity (Wildman–Crippen MR) is 93.8 cm³/mol. The molecule has 2 aromatic rings. The fourth-order valence-corrected chi connectivity index (χ4v) is 2.48. The SMILES string of the molecule is COC(=O)[C@H](CCCc1ccccc1)NC(=O)c1ccc(C#N)cc1. The highest BCUT2D eigenvalue weighted by molar-refractivity contribution is 5.96. The van der Waals surface area contributed by atoms with Crippen molar-refractivity contribution >= 4 is 11.9 Å². The summed E-state index contributed by atoms with van der Waals surface area (Å²) in [4.78, 5) is 24.2. The third-order valence-corrected chi connectivity index (χ3v) is 3.87. The first-order chi connectivity index (χ1) is 12.1. The van der Waals surface area contributed by atoms with E-state index in [9.17, 15) is 9.59 Å². The number of methoxy groups -OCH3 is 1. The number of amides is 1. The summed E-state index contributed by atoms with van der Waals surface area (Å²) in [5.74, 6) is -0.824. The van der Waals surface area contributed by atoms with Gasteiger partial charge in [-0.05, 0) is 49.1 Å². The lowest BCUT2D eigenvalue weighted by atomic mass is 10.0. The number of benzene rings is 2. The van der Waals surface area contributed by atoms with E-state index in [0.717, 1.165) is 12.8 Å². The lowest BCUT2D eigenvalue weighted by Crippen LogP contribution is -2.41. The van der Waals surface area contributed by atoms with E-state index in [-0.39, 0.29) is 5.91 Å². The molecule has 0 aliphatic rings. The smallest absolute Gasteiger partial charge is 0.328 e. The molecule has 128 valence electrons. The highest BCUT2D eigenvalue weighted by Crippen LogP contribution is 2.09. The van der Waals surface area contributed by atoms with Crippen molar-refractivity contribution in [2.24, 2.45) is 0 Å². The average Bonchev–Trinajstić information content (AvgIpc) is 2.67. The number of nitrogens with one attached hydrogen (secondary N) is 1. The Hall–Kier alpha value is -3.13. The van der Waals surface area contributed by atoms with Crippen molar-refractivity contribution < 1.29 is 14.3 Å². The normalized spacial score (nSPS) is 11.2. The summed E-state index contributed by atoms with van der Waals surface area (Å²) in [6.07, 6.45) is 2.06. The standard InChI is InChI=1S/C20H20N2O3/c1-25-20(24)18(9-5-8-15-6-3-2-4-7-15)22-19(23)17-12-10-16(14-21)11-13-17/h2-4,6-7,10-13,18H,5,8-9H2,1H3,(H,22,23)/t18-/m0/s1. The van der Waals surface area contributed by atoms with E-state index in [1.165, 1.54) is 12.7 Å². The first kappa shape index (κ1) is 18.2. The molecule has 0 fully saturated rings. The molecule has 0 aliphatic carbocycles. The summed E-state index contributed by atoms with van der Waals surface area (Å²) < 4.78 is 4.79. The maximum absolute atomic E-state index is 12.3. The van der Waals surface area contributed by atoms with E-state index in [1.807, 2.05) is 36.4 Å². The van der Waals surface area contributed by atoms with Crippen molar-refractivity contribution in [1.82, 2.24) is 5.32 Å². The monoisotopic (exact) mass is 336 g/mol. The highest BCUT2D eigenvalue weighted by Gasteiger charge is 2.21. The lowest BCUT2D eigenvalue weighted by Gasteiger charge is -2.16. The van der Waals surface area contributed by atoms with E-state index >= 15 is 0 Å². The second kappa shape index (κ2) is 9.24. The molecule has 1 amide bonds. The summed E-state index contributed by atoms with van der Waals surface area (Å²) >= 11 is 0. The Kier molecular flexibility index (Phi) is 6.73. The van der Waals surface area contributed by atoms with Crippen molar-refractivity contribution in [3.05, 3.63) is 71.3 Å². The zero-order valence-electron chi connectivity index (χ0n) is 14.1. The minimum Gasteiger partial charge on any atom is -0.467 e. The summed E-state index contributed by atoms with van der Waals surface area (Å²) in [6.45, 7) is 0. The summed E-state index contributed by atoms with van der Waals surface area (Å²) in [5.41, 5.74) is 2.06. The first-order valence-corrected chi connectivity index (χ1v) is 8.07. The van der Waals surface area contributed by atoms with Crippen LogP contribution in [0.2, 0.25) is 0 Å². The second-order valence-electron chi connectivity index (χ2n) is 5.62. The Morgan fingerprint density at radius 3 is 2.40 bits per heavy atom. The van der Waals surface area contributed by atoms with E-state index in [2.05, 4.69) is 5.32 Å². The van der Waals surface area contributed by atoms with Crippen LogP contribution in [0.5, 0.6) is 0 Å². The van der Waals surface area contributed by atoms with Gasteiger partial charge in [0.25, 0.3) is 5.91 Å². The van der Waals surface area contributed by atoms with Gasteiger partial charge in [0.1, 0.15) is 6.04 Å². The van der Waals surface area contributed by atoms with Gasteiger partial charge in [0.15, 0.2) is 0 Å². The Morgan fingerprint density at radius 1 is 1.12 bits per heavy atom. The molecule has 0 aromatic heterocycles. The topological polar surface area (TPSA) is 79.2 Å². The van der Waals surface area contributed by atoms with Crippen molar-refractivity contribution in [3.8, 4) is 6.07 Å². The van der Waals surface area contributed by atoms with Crippen molar-refractivity contribution in [3.63, 3.8) is 0 Å². The Bertz CT molecular complexity index is 749. The van der Waals surface area contributed by atoms with Gasteiger partial charge < -0.3 is 10.1 Å². The van der Waals surface area contributed by atoms with Gasteiger partial charge in [-0.15, -0.1) is 0 Å². The van der Waals surface area contributed by atoms with Gasteiger partial charge in [0.2, 0.25) is 0 Å². The Morgan fingerprint density at radius 2 is 1.80 bits per heavy atom. The number of aryl methyl sites for hydroxylation is 1. The number of rotatable bonds is 7. The number of hydrogen-bond donors (Lipinski definition) is 1. The second-order valence-corrected chi connectivity index (χ2v) is 5.62. The van der Waals surface area contributed by atoms with Gasteiger partial charge in [0, 0.05) is 5.56 Å². The van der Waals surface area contributed by atoms with Crippen LogP contribution in [-0.2, 0) is 16.0 Å². The molecule has 5 nitrogen and oxygen atoms in total. The number of carbonyl (C=O) groups is 2. The highest BCUT2D eigenvalue weighted by atomic mass is 16.5. The molecule has 2 aromatic carbocycles. The Balaban J connectivity index is 1.95. The van der Waals surface area contributed by atoms with Crippen molar-refractivity contribution in [2.75, 3.05) is 7.11 Å². The summed E-state index contributed by atoms with van der Waals surface area (Å²) in [7, 11) is 1.31. The molecule has 0 bridgehead atoms. The van der Waals surface area contributed by atoms with Gasteiger partial charge in [-0.1, -0.05) is 30.3 Å². The molecule has 1 N–H and O–H groups in total. The van der Waals surface area contributed by atoms with Crippen LogP contribution in [0.3, 0.4) is 0 Å². The van der Waals surface area contributed by atoms with E-state index in [0.29, 0.717) is 17.5 Å². The van der Waals surface area contributed by atoms with Gasteiger partial charge in [0.05, 0.1) is 18.7 Å². The molecule has 0 spiro atoms. The molecule has 0 heterocycles. The molecule has 0 aliphatic heterocycles. The van der Waals surface area contributed by atoms with Gasteiger partial charge in [-0.25, -0.2) is 4.79 Å². The third-order valence-electron chi connectivity index (χ3n) is 3.87. The lowest BCUT2D eigenvalue weighted by molar-refractivity contribution is -0.143. The van der Waals surface area contributed by atoms with Crippen LogP contribution < -0.4 is 5.32 Å². The van der Waals surface area contributed by atoms with Crippen LogP contribution in [0.1, 0.15) is 34.3 Å². The molecule has 0 saturated carbocycles. The molecule has 0 unspecified atom stereocenters. The number of esters is 1. The minimum absolute atomic E-state index is 0.361. The van der Waals surface area contributed by atoms with Crippen LogP contribution >= 0.6 is 0 Å². The van der Waals surface area contributed by atoms with E-state index in [1.54, 1.807) is 24.3 Å². The van der Waals surface area contributed by atoms with Crippen LogP contribution in [0.4, 0.5) is 0 Å². The molecule has 0 saturated heterocycles. The minimum atomic E-state index is -0.697. The number of ether oxygens (including phenoxy) is 1. The fourth-order valence-electron chi connectivity index (χ4n) is 2.48. The van der Waals surface area contributed by atoms with Crippen molar-refractivity contribution in [1.29, 1.82) is 5.26 Å². The number of nitriles is 1. The summed E-state index contributed by atoms with van der Waals surface area (Å²) in [5, 5.41) is 11.5. The molecule has 2 rings (SSSR count). The zero-order valence-corrected chi connectivity index (χ0v) is 14.1. The first-order valence-electron chi connectivity index (χ1n) is 8.07. The number of hydrogen-bond acceptors (Lipinski definition) is 4. The molecular formula is C20H20N2O3. The maximum Gasteiger partial charge on any atom is 0.328 e. The van der Waals surface area contributed by atoms with E-state index < -0.39 is 12.0 Å². The molecular weight excluding hydrogens is 316 g/mol. The van der Waals surface area contributed by atoms with Crippen molar-refractivity contribution in [2.45, 2.75) is 25.3 Å². The summed E-state index contributed by atoms with van der Waals surface area (Å²) in [6, 6.07) is 17.5. The van der Waals surface area contributed by atoms with Crippen LogP contribution in [0.15, 0.2) is 54.6 Å². The number of carbonyl (C=O) groups excluding carboxylic acids is 2. The third kappa shape index (κ3) is 5.47. The molecule has 25 heavy (non-hydrogen) atoms. The van der Waals surface area contributed by atoms with E-state index in [4.69, 9.17) is 10.00 Å². The fraction of sp³-hybridized carbons (Fsp3) is 0.250. The zero-order chi connectivity index (χ0) is 18.1. The van der Waals surface area contributed by atoms with Gasteiger partial charge in [-0.3, -0.25) is 4.79 Å². The largest absolute Gasteiger partial charge is 0.467 e. The molecule has 0 radical (unpaired) electrons. The van der Waals surface area contributed by atoms with Crippen LogP contribution in [-0.4, -0.2) is 25.0 Å².